The van der Waals surface area contributed by atoms with Gasteiger partial charge >= 0.3 is 5.97 Å². The van der Waals surface area contributed by atoms with Gasteiger partial charge in [-0.15, -0.1) is 0 Å². The Morgan fingerprint density at radius 1 is 1.14 bits per heavy atom. The zero-order valence-electron chi connectivity index (χ0n) is 14.8. The van der Waals surface area contributed by atoms with Crippen LogP contribution in [0.15, 0.2) is 34.7 Å². The number of carbonyl (C=O) groups is 3. The van der Waals surface area contributed by atoms with Crippen LogP contribution in [0.5, 0.6) is 11.5 Å². The number of hydrogen-bond donors (Lipinski definition) is 2. The lowest BCUT2D eigenvalue weighted by molar-refractivity contribution is -0.126. The van der Waals surface area contributed by atoms with Crippen LogP contribution in [0.1, 0.15) is 22.7 Å². The van der Waals surface area contributed by atoms with E-state index in [-0.39, 0.29) is 37.1 Å². The van der Waals surface area contributed by atoms with Gasteiger partial charge in [0.05, 0.1) is 12.5 Å². The average molecular weight is 386 g/mol. The monoisotopic (exact) mass is 386 g/mol. The molecule has 1 fully saturated rings. The molecule has 9 heteroatoms. The third-order valence-corrected chi connectivity index (χ3v) is 4.64. The second-order valence-corrected chi connectivity index (χ2v) is 6.52. The number of anilines is 1. The first-order valence-electron chi connectivity index (χ1n) is 8.81. The summed E-state index contributed by atoms with van der Waals surface area (Å²) in [5.41, 5.74) is 0.654. The van der Waals surface area contributed by atoms with Crippen LogP contribution >= 0.6 is 0 Å². The number of nitrogens with one attached hydrogen (secondary N) is 1. The lowest BCUT2D eigenvalue weighted by atomic mass is 10.1. The molecule has 4 rings (SSSR count). The van der Waals surface area contributed by atoms with Gasteiger partial charge in [0.15, 0.2) is 11.5 Å². The SMILES string of the molecule is O=C(O)c1ccc(CNC(=O)C2CC(=O)N(c3ccc4c(c3)OCCO4)C2)o1. The molecule has 1 unspecified atom stereocenters. The first-order valence-corrected chi connectivity index (χ1v) is 8.81. The van der Waals surface area contributed by atoms with E-state index in [9.17, 15) is 14.4 Å². The quantitative estimate of drug-likeness (QED) is 0.798. The summed E-state index contributed by atoms with van der Waals surface area (Å²) in [6.45, 7) is 1.25. The van der Waals surface area contributed by atoms with Gasteiger partial charge in [0, 0.05) is 24.7 Å². The molecule has 0 spiro atoms. The van der Waals surface area contributed by atoms with Crippen LogP contribution in [0, 0.1) is 5.92 Å². The fourth-order valence-corrected chi connectivity index (χ4v) is 3.24. The van der Waals surface area contributed by atoms with E-state index < -0.39 is 11.9 Å². The van der Waals surface area contributed by atoms with E-state index >= 15 is 0 Å². The summed E-state index contributed by atoms with van der Waals surface area (Å²) in [4.78, 5) is 37.2. The highest BCUT2D eigenvalue weighted by molar-refractivity contribution is 6.00. The molecule has 9 nitrogen and oxygen atoms in total. The molecule has 2 aliphatic rings. The normalized spacial score (nSPS) is 18.2. The summed E-state index contributed by atoms with van der Waals surface area (Å²) in [5, 5.41) is 11.5. The minimum atomic E-state index is -1.17. The van der Waals surface area contributed by atoms with E-state index in [1.54, 1.807) is 23.1 Å². The molecule has 0 radical (unpaired) electrons. The van der Waals surface area contributed by atoms with E-state index in [0.717, 1.165) is 0 Å². The molecule has 2 N–H and O–H groups in total. The number of aromatic carboxylic acids is 1. The Morgan fingerprint density at radius 3 is 2.68 bits per heavy atom. The second kappa shape index (κ2) is 7.26. The van der Waals surface area contributed by atoms with Crippen LogP contribution in [-0.4, -0.2) is 42.6 Å². The number of carboxylic acid groups (broad SMARTS) is 1. The molecular weight excluding hydrogens is 368 g/mol. The van der Waals surface area contributed by atoms with Crippen molar-refractivity contribution in [3.63, 3.8) is 0 Å². The van der Waals surface area contributed by atoms with E-state index in [1.165, 1.54) is 12.1 Å². The van der Waals surface area contributed by atoms with Crippen molar-refractivity contribution in [2.45, 2.75) is 13.0 Å². The van der Waals surface area contributed by atoms with Gasteiger partial charge in [0.1, 0.15) is 19.0 Å². The van der Waals surface area contributed by atoms with Crippen molar-refractivity contribution in [3.8, 4) is 11.5 Å². The number of amides is 2. The molecule has 2 aliphatic heterocycles. The van der Waals surface area contributed by atoms with Crippen LogP contribution in [0.3, 0.4) is 0 Å². The lowest BCUT2D eigenvalue weighted by Gasteiger charge is -2.22. The van der Waals surface area contributed by atoms with Crippen LogP contribution in [-0.2, 0) is 16.1 Å². The Hall–Kier alpha value is -3.49. The second-order valence-electron chi connectivity index (χ2n) is 6.52. The fraction of sp³-hybridized carbons (Fsp3) is 0.316. The Labute approximate surface area is 159 Å². The fourth-order valence-electron chi connectivity index (χ4n) is 3.24. The topological polar surface area (TPSA) is 118 Å². The number of benzene rings is 1. The molecule has 146 valence electrons. The summed E-state index contributed by atoms with van der Waals surface area (Å²) in [6.07, 6.45) is 0.0960. The van der Waals surface area contributed by atoms with Crippen molar-refractivity contribution in [2.75, 3.05) is 24.7 Å². The summed E-state index contributed by atoms with van der Waals surface area (Å²) in [6, 6.07) is 8.07. The summed E-state index contributed by atoms with van der Waals surface area (Å²) >= 11 is 0. The van der Waals surface area contributed by atoms with Gasteiger partial charge in [-0.1, -0.05) is 0 Å². The molecule has 1 saturated heterocycles. The molecule has 1 aromatic heterocycles. The third-order valence-electron chi connectivity index (χ3n) is 4.64. The van der Waals surface area contributed by atoms with Crippen molar-refractivity contribution >= 4 is 23.5 Å². The summed E-state index contributed by atoms with van der Waals surface area (Å²) in [7, 11) is 0. The molecule has 1 atom stereocenters. The van der Waals surface area contributed by atoms with Crippen LogP contribution < -0.4 is 19.7 Å². The average Bonchev–Trinajstić information content (AvgIpc) is 3.33. The zero-order chi connectivity index (χ0) is 19.7. The molecule has 2 aromatic rings. The maximum Gasteiger partial charge on any atom is 0.371 e. The highest BCUT2D eigenvalue weighted by Gasteiger charge is 2.35. The first-order chi connectivity index (χ1) is 13.5. The van der Waals surface area contributed by atoms with E-state index in [1.807, 2.05) is 0 Å². The highest BCUT2D eigenvalue weighted by atomic mass is 16.6. The molecule has 2 amide bonds. The van der Waals surface area contributed by atoms with Gasteiger partial charge in [-0.2, -0.15) is 0 Å². The molecule has 0 bridgehead atoms. The number of nitrogens with zero attached hydrogens (tertiary/aromatic N) is 1. The number of carboxylic acids is 1. The van der Waals surface area contributed by atoms with E-state index in [0.29, 0.717) is 36.2 Å². The van der Waals surface area contributed by atoms with Crippen LogP contribution in [0.25, 0.3) is 0 Å². The molecule has 3 heterocycles. The molecule has 1 aromatic carbocycles. The minimum Gasteiger partial charge on any atom is -0.486 e. The number of hydrogen-bond acceptors (Lipinski definition) is 6. The van der Waals surface area contributed by atoms with Gasteiger partial charge in [0.25, 0.3) is 0 Å². The van der Waals surface area contributed by atoms with E-state index in [2.05, 4.69) is 5.32 Å². The molecule has 0 aliphatic carbocycles. The van der Waals surface area contributed by atoms with Crippen LogP contribution in [0.4, 0.5) is 5.69 Å². The minimum absolute atomic E-state index is 0.0564. The molecule has 0 saturated carbocycles. The van der Waals surface area contributed by atoms with Crippen molar-refractivity contribution < 1.29 is 33.4 Å². The summed E-state index contributed by atoms with van der Waals surface area (Å²) < 4.78 is 16.1. The number of rotatable bonds is 5. The van der Waals surface area contributed by atoms with Gasteiger partial charge in [0.2, 0.25) is 17.6 Å². The van der Waals surface area contributed by atoms with Gasteiger partial charge in [-0.05, 0) is 24.3 Å². The number of fused-ring (bicyclic) bond motifs is 1. The number of ether oxygens (including phenoxy) is 2. The molecular formula is C19H18N2O7. The van der Waals surface area contributed by atoms with Crippen molar-refractivity contribution in [2.24, 2.45) is 5.92 Å². The predicted molar refractivity (Wildman–Crippen MR) is 95.4 cm³/mol. The van der Waals surface area contributed by atoms with E-state index in [4.69, 9.17) is 19.0 Å². The highest BCUT2D eigenvalue weighted by Crippen LogP contribution is 2.36. The van der Waals surface area contributed by atoms with Crippen molar-refractivity contribution in [3.05, 3.63) is 41.9 Å². The maximum atomic E-state index is 12.4. The largest absolute Gasteiger partial charge is 0.486 e. The predicted octanol–water partition coefficient (Wildman–Crippen LogP) is 1.42. The zero-order valence-corrected chi connectivity index (χ0v) is 14.8. The van der Waals surface area contributed by atoms with Gasteiger partial charge in [-0.25, -0.2) is 4.79 Å². The third kappa shape index (κ3) is 3.51. The van der Waals surface area contributed by atoms with Crippen molar-refractivity contribution in [1.82, 2.24) is 5.32 Å². The smallest absolute Gasteiger partial charge is 0.371 e. The first kappa shape index (κ1) is 17.9. The summed E-state index contributed by atoms with van der Waals surface area (Å²) in [5.74, 6) is -0.760. The van der Waals surface area contributed by atoms with Crippen LogP contribution in [0.2, 0.25) is 0 Å². The Kier molecular flexibility index (Phi) is 4.64. The lowest BCUT2D eigenvalue weighted by Crippen LogP contribution is -2.32. The van der Waals surface area contributed by atoms with Gasteiger partial charge in [-0.3, -0.25) is 9.59 Å². The van der Waals surface area contributed by atoms with Gasteiger partial charge < -0.3 is 29.2 Å². The number of furan rings is 1. The number of carbonyl (C=O) groups excluding carboxylic acids is 2. The molecule has 28 heavy (non-hydrogen) atoms. The van der Waals surface area contributed by atoms with Crippen molar-refractivity contribution in [1.29, 1.82) is 0 Å². The Balaban J connectivity index is 1.38. The Morgan fingerprint density at radius 2 is 1.93 bits per heavy atom. The maximum absolute atomic E-state index is 12.4. The Bertz CT molecular complexity index is 936. The standard InChI is InChI=1S/C19H18N2O7/c22-17-7-11(18(23)20-9-13-2-4-15(28-13)19(24)25)10-21(17)12-1-3-14-16(8-12)27-6-5-26-14/h1-4,8,11H,5-7,9-10H2,(H,20,23)(H,24,25).